The first-order valence-corrected chi connectivity index (χ1v) is 6.56. The highest BCUT2D eigenvalue weighted by Crippen LogP contribution is 2.43. The number of aromatic nitrogens is 1. The maximum absolute atomic E-state index is 10.7. The van der Waals surface area contributed by atoms with Crippen molar-refractivity contribution in [1.29, 1.82) is 0 Å². The van der Waals surface area contributed by atoms with Crippen molar-refractivity contribution >= 4 is 5.97 Å². The van der Waals surface area contributed by atoms with Gasteiger partial charge in [-0.3, -0.25) is 9.78 Å². The van der Waals surface area contributed by atoms with E-state index in [9.17, 15) is 4.79 Å². The third kappa shape index (κ3) is 3.11. The van der Waals surface area contributed by atoms with Crippen LogP contribution in [0.4, 0.5) is 0 Å². The van der Waals surface area contributed by atoms with Crippen LogP contribution >= 0.6 is 0 Å². The first-order chi connectivity index (χ1) is 10.6. The number of pyridine rings is 1. The number of hydrogen-bond donors (Lipinski definition) is 1. The van der Waals surface area contributed by atoms with Gasteiger partial charge >= 0.3 is 5.97 Å². The zero-order valence-corrected chi connectivity index (χ0v) is 12.6. The average molecular weight is 303 g/mol. The Kier molecular flexibility index (Phi) is 4.83. The molecule has 0 amide bonds. The van der Waals surface area contributed by atoms with Crippen LogP contribution in [-0.2, 0) is 11.2 Å². The van der Waals surface area contributed by atoms with Gasteiger partial charge in [0.2, 0.25) is 5.75 Å². The fourth-order valence-corrected chi connectivity index (χ4v) is 2.17. The van der Waals surface area contributed by atoms with E-state index in [1.807, 2.05) is 6.07 Å². The second kappa shape index (κ2) is 6.80. The Morgan fingerprint density at radius 1 is 1.05 bits per heavy atom. The van der Waals surface area contributed by atoms with Crippen LogP contribution in [0, 0.1) is 0 Å². The van der Waals surface area contributed by atoms with Gasteiger partial charge in [0.1, 0.15) is 0 Å². The average Bonchev–Trinajstić information content (AvgIpc) is 2.53. The highest BCUT2D eigenvalue weighted by molar-refractivity contribution is 5.75. The molecule has 0 fully saturated rings. The second-order valence-electron chi connectivity index (χ2n) is 4.50. The standard InChI is InChI=1S/C16H17NO5/c1-20-13-7-5-11(15(21-2)16(13)22-3)12-6-4-10(9-17-12)8-14(18)19/h4-7,9H,8H2,1-3H3,(H,18,19). The molecule has 1 aromatic heterocycles. The van der Waals surface area contributed by atoms with Gasteiger partial charge in [-0.2, -0.15) is 0 Å². The molecule has 2 aromatic rings. The number of benzene rings is 1. The minimum Gasteiger partial charge on any atom is -0.493 e. The number of hydrogen-bond acceptors (Lipinski definition) is 5. The van der Waals surface area contributed by atoms with Crippen molar-refractivity contribution in [2.24, 2.45) is 0 Å². The van der Waals surface area contributed by atoms with Crippen LogP contribution in [0.1, 0.15) is 5.56 Å². The lowest BCUT2D eigenvalue weighted by Gasteiger charge is -2.15. The molecule has 116 valence electrons. The summed E-state index contributed by atoms with van der Waals surface area (Å²) in [5, 5.41) is 8.78. The van der Waals surface area contributed by atoms with Gasteiger partial charge in [0, 0.05) is 11.8 Å². The van der Waals surface area contributed by atoms with Crippen LogP contribution < -0.4 is 14.2 Å². The van der Waals surface area contributed by atoms with Crippen molar-refractivity contribution in [2.45, 2.75) is 6.42 Å². The zero-order valence-electron chi connectivity index (χ0n) is 12.6. The molecule has 0 saturated carbocycles. The Balaban J connectivity index is 2.45. The van der Waals surface area contributed by atoms with E-state index in [0.29, 0.717) is 28.5 Å². The van der Waals surface area contributed by atoms with E-state index in [4.69, 9.17) is 19.3 Å². The van der Waals surface area contributed by atoms with Crippen molar-refractivity contribution < 1.29 is 24.1 Å². The summed E-state index contributed by atoms with van der Waals surface area (Å²) in [6.45, 7) is 0. The number of nitrogens with zero attached hydrogens (tertiary/aromatic N) is 1. The van der Waals surface area contributed by atoms with Gasteiger partial charge in [0.25, 0.3) is 0 Å². The Morgan fingerprint density at radius 2 is 1.77 bits per heavy atom. The highest BCUT2D eigenvalue weighted by Gasteiger charge is 2.17. The molecule has 0 bridgehead atoms. The Morgan fingerprint density at radius 3 is 2.27 bits per heavy atom. The SMILES string of the molecule is COc1ccc(-c2ccc(CC(=O)O)cn2)c(OC)c1OC. The molecule has 0 spiro atoms. The fraction of sp³-hybridized carbons (Fsp3) is 0.250. The molecule has 1 aromatic carbocycles. The van der Waals surface area contributed by atoms with Gasteiger partial charge in [-0.1, -0.05) is 6.07 Å². The predicted octanol–water partition coefficient (Wildman–Crippen LogP) is 2.40. The molecule has 0 atom stereocenters. The Bertz CT molecular complexity index is 667. The second-order valence-corrected chi connectivity index (χ2v) is 4.50. The van der Waals surface area contributed by atoms with Crippen LogP contribution in [0.2, 0.25) is 0 Å². The van der Waals surface area contributed by atoms with Gasteiger partial charge in [-0.25, -0.2) is 0 Å². The summed E-state index contributed by atoms with van der Waals surface area (Å²) in [6, 6.07) is 7.07. The lowest BCUT2D eigenvalue weighted by molar-refractivity contribution is -0.136. The van der Waals surface area contributed by atoms with Gasteiger partial charge in [0.05, 0.1) is 33.4 Å². The minimum atomic E-state index is -0.891. The van der Waals surface area contributed by atoms with E-state index in [1.54, 1.807) is 38.6 Å². The minimum absolute atomic E-state index is 0.0592. The van der Waals surface area contributed by atoms with E-state index in [1.165, 1.54) is 7.11 Å². The molecule has 1 heterocycles. The monoisotopic (exact) mass is 303 g/mol. The molecule has 2 rings (SSSR count). The molecule has 6 nitrogen and oxygen atoms in total. The molecular weight excluding hydrogens is 286 g/mol. The predicted molar refractivity (Wildman–Crippen MR) is 80.7 cm³/mol. The molecule has 0 radical (unpaired) electrons. The van der Waals surface area contributed by atoms with Gasteiger partial charge in [-0.15, -0.1) is 0 Å². The topological polar surface area (TPSA) is 77.9 Å². The summed E-state index contributed by atoms with van der Waals surface area (Å²) in [5.41, 5.74) is 2.03. The van der Waals surface area contributed by atoms with E-state index in [-0.39, 0.29) is 6.42 Å². The molecule has 0 unspecified atom stereocenters. The summed E-state index contributed by atoms with van der Waals surface area (Å²) >= 11 is 0. The first-order valence-electron chi connectivity index (χ1n) is 6.56. The van der Waals surface area contributed by atoms with Crippen LogP contribution in [-0.4, -0.2) is 37.4 Å². The Hall–Kier alpha value is -2.76. The molecule has 22 heavy (non-hydrogen) atoms. The van der Waals surface area contributed by atoms with Crippen molar-refractivity contribution in [3.8, 4) is 28.5 Å². The fourth-order valence-electron chi connectivity index (χ4n) is 2.17. The third-order valence-electron chi connectivity index (χ3n) is 3.16. The third-order valence-corrected chi connectivity index (χ3v) is 3.16. The maximum Gasteiger partial charge on any atom is 0.307 e. The molecule has 1 N–H and O–H groups in total. The van der Waals surface area contributed by atoms with E-state index in [2.05, 4.69) is 4.98 Å². The van der Waals surface area contributed by atoms with Gasteiger partial charge in [-0.05, 0) is 23.8 Å². The number of methoxy groups -OCH3 is 3. The van der Waals surface area contributed by atoms with Crippen molar-refractivity contribution in [3.05, 3.63) is 36.0 Å². The van der Waals surface area contributed by atoms with Crippen LogP contribution in [0.25, 0.3) is 11.3 Å². The van der Waals surface area contributed by atoms with Crippen LogP contribution in [0.3, 0.4) is 0 Å². The lowest BCUT2D eigenvalue weighted by Crippen LogP contribution is -2.01. The van der Waals surface area contributed by atoms with Crippen LogP contribution in [0.15, 0.2) is 30.5 Å². The largest absolute Gasteiger partial charge is 0.493 e. The van der Waals surface area contributed by atoms with E-state index < -0.39 is 5.97 Å². The quantitative estimate of drug-likeness (QED) is 0.883. The molecule has 0 aliphatic carbocycles. The van der Waals surface area contributed by atoms with Gasteiger partial charge < -0.3 is 19.3 Å². The number of rotatable bonds is 6. The molecule has 0 aliphatic rings. The smallest absolute Gasteiger partial charge is 0.307 e. The summed E-state index contributed by atoms with van der Waals surface area (Å²) < 4.78 is 16.0. The van der Waals surface area contributed by atoms with Crippen LogP contribution in [0.5, 0.6) is 17.2 Å². The van der Waals surface area contributed by atoms with E-state index in [0.717, 1.165) is 5.56 Å². The van der Waals surface area contributed by atoms with Crippen molar-refractivity contribution in [3.63, 3.8) is 0 Å². The lowest BCUT2D eigenvalue weighted by atomic mass is 10.1. The van der Waals surface area contributed by atoms with Crippen molar-refractivity contribution in [2.75, 3.05) is 21.3 Å². The summed E-state index contributed by atoms with van der Waals surface area (Å²) in [7, 11) is 4.63. The first kappa shape index (κ1) is 15.6. The summed E-state index contributed by atoms with van der Waals surface area (Å²) in [4.78, 5) is 15.0. The number of carboxylic acid groups (broad SMARTS) is 1. The number of ether oxygens (including phenoxy) is 3. The molecule has 6 heteroatoms. The molecule has 0 saturated heterocycles. The highest BCUT2D eigenvalue weighted by atomic mass is 16.5. The number of aliphatic carboxylic acids is 1. The zero-order chi connectivity index (χ0) is 16.1. The molecular formula is C16H17NO5. The summed E-state index contributed by atoms with van der Waals surface area (Å²) in [6.07, 6.45) is 1.48. The van der Waals surface area contributed by atoms with E-state index >= 15 is 0 Å². The summed E-state index contributed by atoms with van der Waals surface area (Å²) in [5.74, 6) is 0.670. The number of carboxylic acids is 1. The number of carbonyl (C=O) groups is 1. The Labute approximate surface area is 128 Å². The molecule has 0 aliphatic heterocycles. The van der Waals surface area contributed by atoms with Crippen molar-refractivity contribution in [1.82, 2.24) is 4.98 Å². The van der Waals surface area contributed by atoms with Gasteiger partial charge in [0.15, 0.2) is 11.5 Å². The normalized spacial score (nSPS) is 10.1. The maximum atomic E-state index is 10.7.